The summed E-state index contributed by atoms with van der Waals surface area (Å²) < 4.78 is 16.6. The van der Waals surface area contributed by atoms with Crippen molar-refractivity contribution in [3.63, 3.8) is 0 Å². The maximum atomic E-state index is 9.95. The molecule has 1 heterocycles. The van der Waals surface area contributed by atoms with Gasteiger partial charge in [0.05, 0.1) is 13.2 Å². The van der Waals surface area contributed by atoms with Crippen molar-refractivity contribution in [3.05, 3.63) is 65.7 Å². The van der Waals surface area contributed by atoms with Gasteiger partial charge in [-0.25, -0.2) is 0 Å². The van der Waals surface area contributed by atoms with Gasteiger partial charge < -0.3 is 34.6 Å². The van der Waals surface area contributed by atoms with Crippen LogP contribution in [0.5, 0.6) is 5.75 Å². The molecule has 2 aromatic carbocycles. The molecule has 7 heteroatoms. The van der Waals surface area contributed by atoms with E-state index < -0.39 is 37.3 Å². The van der Waals surface area contributed by atoms with Gasteiger partial charge in [-0.1, -0.05) is 42.5 Å². The third kappa shape index (κ3) is 5.29. The highest BCUT2D eigenvalue weighted by Gasteiger charge is 2.43. The third-order valence-electron chi connectivity index (χ3n) is 4.69. The van der Waals surface area contributed by atoms with Crippen LogP contribution >= 0.6 is 0 Å². The van der Waals surface area contributed by atoms with E-state index in [4.69, 9.17) is 14.2 Å². The molecule has 0 unspecified atom stereocenters. The molecule has 0 aliphatic carbocycles. The first-order valence-corrected chi connectivity index (χ1v) is 9.26. The number of rotatable bonds is 8. The number of aliphatic hydroxyl groups is 4. The van der Waals surface area contributed by atoms with Crippen molar-refractivity contribution >= 4 is 0 Å². The summed E-state index contributed by atoms with van der Waals surface area (Å²) in [5.41, 5.74) is 2.11. The van der Waals surface area contributed by atoms with Crippen LogP contribution in [0, 0.1) is 0 Å². The lowest BCUT2D eigenvalue weighted by atomic mass is 9.99. The van der Waals surface area contributed by atoms with Crippen LogP contribution in [-0.2, 0) is 22.5 Å². The molecule has 0 aromatic heterocycles. The molecule has 7 nitrogen and oxygen atoms in total. The lowest BCUT2D eigenvalue weighted by Gasteiger charge is -2.39. The quantitative estimate of drug-likeness (QED) is 0.523. The number of aliphatic hydroxyl groups excluding tert-OH is 4. The zero-order valence-corrected chi connectivity index (χ0v) is 15.4. The third-order valence-corrected chi connectivity index (χ3v) is 4.69. The van der Waals surface area contributed by atoms with E-state index in [1.165, 1.54) is 0 Å². The van der Waals surface area contributed by atoms with Crippen LogP contribution in [0.3, 0.4) is 0 Å². The molecule has 1 aliphatic rings. The van der Waals surface area contributed by atoms with E-state index in [0.717, 1.165) is 16.9 Å². The average Bonchev–Trinajstić information content (AvgIpc) is 2.74. The van der Waals surface area contributed by atoms with E-state index in [2.05, 4.69) is 0 Å². The van der Waals surface area contributed by atoms with Crippen molar-refractivity contribution in [2.45, 2.75) is 43.7 Å². The highest BCUT2D eigenvalue weighted by Crippen LogP contribution is 2.22. The summed E-state index contributed by atoms with van der Waals surface area (Å²) in [6, 6.07) is 17.5. The molecule has 152 valence electrons. The van der Waals surface area contributed by atoms with Crippen molar-refractivity contribution in [1.82, 2.24) is 0 Å². The van der Waals surface area contributed by atoms with Gasteiger partial charge >= 0.3 is 0 Å². The van der Waals surface area contributed by atoms with E-state index >= 15 is 0 Å². The van der Waals surface area contributed by atoms with Gasteiger partial charge in [-0.05, 0) is 29.7 Å². The monoisotopic (exact) mass is 390 g/mol. The summed E-state index contributed by atoms with van der Waals surface area (Å²) in [6.07, 6.45) is -5.71. The van der Waals surface area contributed by atoms with Crippen molar-refractivity contribution < 1.29 is 34.6 Å². The van der Waals surface area contributed by atoms with Crippen LogP contribution in [-0.4, -0.2) is 64.3 Å². The van der Waals surface area contributed by atoms with Crippen LogP contribution in [0.4, 0.5) is 0 Å². The Morgan fingerprint density at radius 1 is 0.821 bits per heavy atom. The smallest absolute Gasteiger partial charge is 0.186 e. The summed E-state index contributed by atoms with van der Waals surface area (Å²) in [7, 11) is 0. The largest absolute Gasteiger partial charge is 0.489 e. The SMILES string of the molecule is OC[C@H]1O[C@@H](OCCc2ccc(OCc3ccccc3)cc2)[C@H](O)[C@@H](O)[C@@H]1O. The summed E-state index contributed by atoms with van der Waals surface area (Å²) in [4.78, 5) is 0. The molecule has 5 atom stereocenters. The number of ether oxygens (including phenoxy) is 3. The van der Waals surface area contributed by atoms with Crippen molar-refractivity contribution in [2.24, 2.45) is 0 Å². The van der Waals surface area contributed by atoms with Gasteiger partial charge in [0.1, 0.15) is 36.8 Å². The summed E-state index contributed by atoms with van der Waals surface area (Å²) >= 11 is 0. The van der Waals surface area contributed by atoms with Crippen molar-refractivity contribution in [1.29, 1.82) is 0 Å². The minimum atomic E-state index is -1.43. The Hall–Kier alpha value is -2.00. The molecule has 1 aliphatic heterocycles. The second kappa shape index (κ2) is 9.97. The Morgan fingerprint density at radius 3 is 2.21 bits per heavy atom. The Balaban J connectivity index is 1.44. The standard InChI is InChI=1S/C21H26O7/c22-12-17-18(23)19(24)20(25)21(28-17)26-11-10-14-6-8-16(9-7-14)27-13-15-4-2-1-3-5-15/h1-9,17-25H,10-13H2/t17-,18-,19+,20-,21-/m1/s1. The highest BCUT2D eigenvalue weighted by atomic mass is 16.7. The van der Waals surface area contributed by atoms with Gasteiger partial charge in [0.2, 0.25) is 0 Å². The number of hydrogen-bond donors (Lipinski definition) is 4. The van der Waals surface area contributed by atoms with Crippen LogP contribution in [0.2, 0.25) is 0 Å². The van der Waals surface area contributed by atoms with Crippen LogP contribution in [0.15, 0.2) is 54.6 Å². The van der Waals surface area contributed by atoms with E-state index in [9.17, 15) is 20.4 Å². The first kappa shape index (κ1) is 20.7. The summed E-state index contributed by atoms with van der Waals surface area (Å²) in [5, 5.41) is 38.7. The second-order valence-corrected chi connectivity index (χ2v) is 6.74. The van der Waals surface area contributed by atoms with E-state index in [1.54, 1.807) is 0 Å². The molecular weight excluding hydrogens is 364 g/mol. The minimum absolute atomic E-state index is 0.243. The van der Waals surface area contributed by atoms with Gasteiger partial charge in [-0.15, -0.1) is 0 Å². The van der Waals surface area contributed by atoms with Gasteiger partial charge in [-0.2, -0.15) is 0 Å². The van der Waals surface area contributed by atoms with Crippen molar-refractivity contribution in [3.8, 4) is 5.75 Å². The number of benzene rings is 2. The zero-order chi connectivity index (χ0) is 19.9. The van der Waals surface area contributed by atoms with Gasteiger partial charge in [-0.3, -0.25) is 0 Å². The lowest BCUT2D eigenvalue weighted by Crippen LogP contribution is -2.59. The molecule has 2 aromatic rings. The van der Waals surface area contributed by atoms with Crippen LogP contribution < -0.4 is 4.74 Å². The fraction of sp³-hybridized carbons (Fsp3) is 0.429. The molecule has 1 saturated heterocycles. The fourth-order valence-corrected chi connectivity index (χ4v) is 2.99. The maximum absolute atomic E-state index is 9.95. The topological polar surface area (TPSA) is 109 Å². The maximum Gasteiger partial charge on any atom is 0.186 e. The summed E-state index contributed by atoms with van der Waals surface area (Å²) in [5.74, 6) is 0.766. The summed E-state index contributed by atoms with van der Waals surface area (Å²) in [6.45, 7) is 0.266. The Morgan fingerprint density at radius 2 is 1.54 bits per heavy atom. The normalized spacial score (nSPS) is 27.5. The van der Waals surface area contributed by atoms with Gasteiger partial charge in [0.25, 0.3) is 0 Å². The average molecular weight is 390 g/mol. The molecule has 0 radical (unpaired) electrons. The Labute approximate surface area is 163 Å². The van der Waals surface area contributed by atoms with E-state index in [0.29, 0.717) is 13.0 Å². The van der Waals surface area contributed by atoms with Crippen LogP contribution in [0.25, 0.3) is 0 Å². The molecular formula is C21H26O7. The molecule has 0 spiro atoms. The second-order valence-electron chi connectivity index (χ2n) is 6.74. The van der Waals surface area contributed by atoms with E-state index in [1.807, 2.05) is 54.6 Å². The minimum Gasteiger partial charge on any atom is -0.489 e. The lowest BCUT2D eigenvalue weighted by molar-refractivity contribution is -0.300. The molecule has 0 saturated carbocycles. The Bertz CT molecular complexity index is 704. The molecule has 0 amide bonds. The van der Waals surface area contributed by atoms with E-state index in [-0.39, 0.29) is 6.61 Å². The molecule has 3 rings (SSSR count). The Kier molecular flexibility index (Phi) is 7.38. The van der Waals surface area contributed by atoms with Gasteiger partial charge in [0.15, 0.2) is 6.29 Å². The number of hydrogen-bond acceptors (Lipinski definition) is 7. The predicted molar refractivity (Wildman–Crippen MR) is 101 cm³/mol. The zero-order valence-electron chi connectivity index (χ0n) is 15.4. The van der Waals surface area contributed by atoms with Crippen molar-refractivity contribution in [2.75, 3.05) is 13.2 Å². The molecule has 0 bridgehead atoms. The molecule has 4 N–H and O–H groups in total. The highest BCUT2D eigenvalue weighted by molar-refractivity contribution is 5.28. The predicted octanol–water partition coefficient (Wildman–Crippen LogP) is 0.625. The molecule has 1 fully saturated rings. The first-order valence-electron chi connectivity index (χ1n) is 9.26. The van der Waals surface area contributed by atoms with Crippen LogP contribution in [0.1, 0.15) is 11.1 Å². The fourth-order valence-electron chi connectivity index (χ4n) is 2.99. The van der Waals surface area contributed by atoms with Gasteiger partial charge in [0, 0.05) is 0 Å². The molecule has 28 heavy (non-hydrogen) atoms. The first-order chi connectivity index (χ1) is 13.6.